The van der Waals surface area contributed by atoms with Crippen molar-refractivity contribution in [2.75, 3.05) is 31.6 Å². The zero-order chi connectivity index (χ0) is 24.6. The van der Waals surface area contributed by atoms with Gasteiger partial charge in [-0.25, -0.2) is 9.37 Å². The van der Waals surface area contributed by atoms with E-state index >= 15 is 0 Å². The number of amides is 1. The van der Waals surface area contributed by atoms with Gasteiger partial charge < -0.3 is 15.0 Å². The minimum Gasteiger partial charge on any atom is -0.379 e. The van der Waals surface area contributed by atoms with Crippen LogP contribution in [0.1, 0.15) is 21.5 Å². The maximum Gasteiger partial charge on any atom is 0.416 e. The number of anilines is 1. The predicted octanol–water partition coefficient (Wildman–Crippen LogP) is 4.20. The molecule has 5 rings (SSSR count). The number of imidazole rings is 1. The Kier molecular flexibility index (Phi) is 5.99. The van der Waals surface area contributed by atoms with E-state index in [4.69, 9.17) is 4.74 Å². The predicted molar refractivity (Wildman–Crippen MR) is 119 cm³/mol. The lowest BCUT2D eigenvalue weighted by Gasteiger charge is -2.26. The van der Waals surface area contributed by atoms with Gasteiger partial charge in [-0.1, -0.05) is 6.07 Å². The van der Waals surface area contributed by atoms with Crippen LogP contribution in [0.25, 0.3) is 22.6 Å². The molecule has 1 amide bonds. The van der Waals surface area contributed by atoms with Gasteiger partial charge in [0, 0.05) is 19.6 Å². The number of halogens is 4. The van der Waals surface area contributed by atoms with Gasteiger partial charge in [0.2, 0.25) is 0 Å². The molecule has 1 aliphatic rings. The molecule has 0 atom stereocenters. The molecule has 0 radical (unpaired) electrons. The fraction of sp³-hybridized carbons (Fsp3) is 0.261. The molecular weight excluding hydrogens is 468 g/mol. The summed E-state index contributed by atoms with van der Waals surface area (Å²) in [5.41, 5.74) is 1.12. The number of carbonyl (C=O) groups excluding carboxylic acids is 1. The van der Waals surface area contributed by atoms with Crippen molar-refractivity contribution in [2.45, 2.75) is 12.7 Å². The number of morpholine rings is 1. The second kappa shape index (κ2) is 9.12. The Labute approximate surface area is 196 Å². The van der Waals surface area contributed by atoms with Crippen molar-refractivity contribution in [3.8, 4) is 11.5 Å². The largest absolute Gasteiger partial charge is 0.416 e. The van der Waals surface area contributed by atoms with Gasteiger partial charge in [-0.05, 0) is 35.9 Å². The summed E-state index contributed by atoms with van der Waals surface area (Å²) in [5, 5.41) is 9.03. The highest BCUT2D eigenvalue weighted by molar-refractivity contribution is 6.06. The third kappa shape index (κ3) is 4.88. The zero-order valence-corrected chi connectivity index (χ0v) is 18.2. The van der Waals surface area contributed by atoms with Crippen molar-refractivity contribution >= 4 is 22.6 Å². The molecule has 2 aromatic heterocycles. The molecule has 3 heterocycles. The van der Waals surface area contributed by atoms with Gasteiger partial charge in [0.25, 0.3) is 5.91 Å². The number of aromatic amines is 2. The van der Waals surface area contributed by atoms with Gasteiger partial charge in [0.05, 0.1) is 47.3 Å². The molecular formula is C23H20F4N6O2. The van der Waals surface area contributed by atoms with E-state index < -0.39 is 29.0 Å². The van der Waals surface area contributed by atoms with Crippen LogP contribution in [0.5, 0.6) is 0 Å². The Morgan fingerprint density at radius 3 is 2.71 bits per heavy atom. The highest BCUT2D eigenvalue weighted by Crippen LogP contribution is 2.31. The first-order chi connectivity index (χ1) is 16.8. The van der Waals surface area contributed by atoms with E-state index in [0.29, 0.717) is 48.4 Å². The quantitative estimate of drug-likeness (QED) is 0.366. The minimum absolute atomic E-state index is 0.138. The summed E-state index contributed by atoms with van der Waals surface area (Å²) in [5.74, 6) is -1.75. The van der Waals surface area contributed by atoms with Gasteiger partial charge in [0.1, 0.15) is 11.5 Å². The molecule has 35 heavy (non-hydrogen) atoms. The number of hydrogen-bond donors (Lipinski definition) is 3. The number of H-pyrrole nitrogens is 2. The summed E-state index contributed by atoms with van der Waals surface area (Å²) in [6.45, 7) is 3.89. The first-order valence-corrected chi connectivity index (χ1v) is 10.8. The molecule has 3 N–H and O–H groups in total. The maximum atomic E-state index is 14.1. The molecule has 0 spiro atoms. The number of ether oxygens (including phenoxy) is 1. The summed E-state index contributed by atoms with van der Waals surface area (Å²) in [6.07, 6.45) is -3.44. The van der Waals surface area contributed by atoms with Crippen LogP contribution >= 0.6 is 0 Å². The number of hydrogen-bond acceptors (Lipinski definition) is 5. The van der Waals surface area contributed by atoms with Crippen molar-refractivity contribution in [1.82, 2.24) is 25.1 Å². The van der Waals surface area contributed by atoms with Crippen LogP contribution in [-0.2, 0) is 17.5 Å². The van der Waals surface area contributed by atoms with Crippen LogP contribution < -0.4 is 5.32 Å². The first-order valence-electron chi connectivity index (χ1n) is 10.8. The summed E-state index contributed by atoms with van der Waals surface area (Å²) >= 11 is 0. The Morgan fingerprint density at radius 1 is 1.14 bits per heavy atom. The lowest BCUT2D eigenvalue weighted by Crippen LogP contribution is -2.35. The summed E-state index contributed by atoms with van der Waals surface area (Å²) in [4.78, 5) is 22.6. The fourth-order valence-corrected chi connectivity index (χ4v) is 3.92. The average Bonchev–Trinajstić information content (AvgIpc) is 3.45. The molecule has 0 saturated carbocycles. The number of carbonyl (C=O) groups is 1. The molecule has 1 aliphatic heterocycles. The number of alkyl halides is 3. The lowest BCUT2D eigenvalue weighted by molar-refractivity contribution is -0.137. The van der Waals surface area contributed by atoms with Gasteiger partial charge in [-0.15, -0.1) is 0 Å². The molecule has 1 fully saturated rings. The van der Waals surface area contributed by atoms with Crippen LogP contribution in [0.4, 0.5) is 23.2 Å². The number of nitrogens with one attached hydrogen (secondary N) is 3. The van der Waals surface area contributed by atoms with Gasteiger partial charge in [-0.2, -0.15) is 18.3 Å². The number of aromatic nitrogens is 4. The van der Waals surface area contributed by atoms with E-state index in [1.807, 2.05) is 18.2 Å². The smallest absolute Gasteiger partial charge is 0.379 e. The Hall–Kier alpha value is -3.77. The second-order valence-corrected chi connectivity index (χ2v) is 8.13. The van der Waals surface area contributed by atoms with Gasteiger partial charge >= 0.3 is 6.18 Å². The highest BCUT2D eigenvalue weighted by atomic mass is 19.4. The lowest BCUT2D eigenvalue weighted by atomic mass is 10.1. The van der Waals surface area contributed by atoms with Crippen LogP contribution in [0.3, 0.4) is 0 Å². The van der Waals surface area contributed by atoms with Crippen LogP contribution in [0, 0.1) is 5.82 Å². The average molecular weight is 488 g/mol. The third-order valence-corrected chi connectivity index (χ3v) is 5.72. The number of nitrogens with zero attached hydrogens (tertiary/aromatic N) is 3. The van der Waals surface area contributed by atoms with E-state index in [1.165, 1.54) is 6.20 Å². The SMILES string of the molecule is O=C(Nc1cn[nH]c1-c1nc2ccc(CN3CCOCC3)cc2[nH]1)c1cc(C(F)(F)F)ccc1F. The van der Waals surface area contributed by atoms with Crippen molar-refractivity contribution in [1.29, 1.82) is 0 Å². The Bertz CT molecular complexity index is 1370. The van der Waals surface area contributed by atoms with E-state index in [0.717, 1.165) is 30.7 Å². The van der Waals surface area contributed by atoms with Gasteiger partial charge in [0.15, 0.2) is 5.82 Å². The molecule has 0 aliphatic carbocycles. The molecule has 8 nitrogen and oxygen atoms in total. The Balaban J connectivity index is 1.38. The van der Waals surface area contributed by atoms with Crippen LogP contribution in [0.15, 0.2) is 42.6 Å². The highest BCUT2D eigenvalue weighted by Gasteiger charge is 2.32. The molecule has 1 saturated heterocycles. The van der Waals surface area contributed by atoms with E-state index in [-0.39, 0.29) is 5.69 Å². The standard InChI is InChI=1S/C23H20F4N6O2/c24-16-3-2-14(23(25,26)27)10-15(16)22(34)31-19-11-28-32-20(19)21-29-17-4-1-13(9-18(17)30-21)12-33-5-7-35-8-6-33/h1-4,9-11H,5-8,12H2,(H,28,32)(H,29,30)(H,31,34). The Morgan fingerprint density at radius 2 is 1.94 bits per heavy atom. The summed E-state index contributed by atoms with van der Waals surface area (Å²) in [6, 6.07) is 7.50. The van der Waals surface area contributed by atoms with Crippen LogP contribution in [-0.4, -0.2) is 57.3 Å². The van der Waals surface area contributed by atoms with Crippen molar-refractivity contribution < 1.29 is 27.1 Å². The fourth-order valence-electron chi connectivity index (χ4n) is 3.92. The summed E-state index contributed by atoms with van der Waals surface area (Å²) < 4.78 is 58.5. The third-order valence-electron chi connectivity index (χ3n) is 5.72. The molecule has 0 unspecified atom stereocenters. The van der Waals surface area contributed by atoms with E-state index in [9.17, 15) is 22.4 Å². The van der Waals surface area contributed by atoms with Gasteiger partial charge in [-0.3, -0.25) is 14.8 Å². The molecule has 0 bridgehead atoms. The van der Waals surface area contributed by atoms with Crippen molar-refractivity contribution in [2.24, 2.45) is 0 Å². The normalized spacial score (nSPS) is 15.0. The monoisotopic (exact) mass is 488 g/mol. The minimum atomic E-state index is -4.71. The number of fused-ring (bicyclic) bond motifs is 1. The molecule has 4 aromatic rings. The topological polar surface area (TPSA) is 98.9 Å². The first kappa shape index (κ1) is 23.0. The molecule has 182 valence electrons. The molecule has 2 aromatic carbocycles. The van der Waals surface area contributed by atoms with Crippen molar-refractivity contribution in [3.63, 3.8) is 0 Å². The van der Waals surface area contributed by atoms with Crippen LogP contribution in [0.2, 0.25) is 0 Å². The van der Waals surface area contributed by atoms with E-state index in [2.05, 4.69) is 30.4 Å². The number of rotatable bonds is 5. The zero-order valence-electron chi connectivity index (χ0n) is 18.2. The summed E-state index contributed by atoms with van der Waals surface area (Å²) in [7, 11) is 0. The maximum absolute atomic E-state index is 14.1. The molecule has 12 heteroatoms. The second-order valence-electron chi connectivity index (χ2n) is 8.13. The number of benzene rings is 2. The van der Waals surface area contributed by atoms with Crippen molar-refractivity contribution in [3.05, 3.63) is 65.1 Å². The van der Waals surface area contributed by atoms with E-state index in [1.54, 1.807) is 0 Å².